The molecule has 1 aliphatic carbocycles. The molecule has 46 valence electrons. The molecule has 2 N–H and O–H groups in total. The first-order chi connectivity index (χ1) is 3.81. The first-order valence-corrected chi connectivity index (χ1v) is 3.20. The lowest BCUT2D eigenvalue weighted by Crippen LogP contribution is -2.19. The van der Waals surface area contributed by atoms with Crippen molar-refractivity contribution in [1.29, 1.82) is 0 Å². The van der Waals surface area contributed by atoms with Crippen LogP contribution in [0.5, 0.6) is 0 Å². The molecule has 0 bridgehead atoms. The van der Waals surface area contributed by atoms with Crippen molar-refractivity contribution in [2.75, 3.05) is 6.61 Å². The third-order valence-corrected chi connectivity index (χ3v) is 2.05. The van der Waals surface area contributed by atoms with Gasteiger partial charge in [-0.2, -0.15) is 0 Å². The summed E-state index contributed by atoms with van der Waals surface area (Å²) in [5, 5.41) is 0. The molecule has 1 heterocycles. The standard InChI is InChI=1S/C6H11NO/c7-5-3-6(1-2-6)8-4-5/h5H,1-4,7H2/t5-/m0/s1. The normalized spacial score (nSPS) is 40.9. The highest BCUT2D eigenvalue weighted by Crippen LogP contribution is 2.46. The minimum atomic E-state index is 0.291. The second-order valence-corrected chi connectivity index (χ2v) is 2.96. The van der Waals surface area contributed by atoms with Crippen molar-refractivity contribution < 1.29 is 4.74 Å². The largest absolute Gasteiger partial charge is 0.373 e. The van der Waals surface area contributed by atoms with E-state index in [1.807, 2.05) is 0 Å². The Balaban J connectivity index is 2.03. The van der Waals surface area contributed by atoms with E-state index in [2.05, 4.69) is 0 Å². The Morgan fingerprint density at radius 1 is 1.50 bits per heavy atom. The van der Waals surface area contributed by atoms with E-state index < -0.39 is 0 Å². The average molecular weight is 113 g/mol. The fraction of sp³-hybridized carbons (Fsp3) is 1.00. The molecule has 2 heteroatoms. The predicted octanol–water partition coefficient (Wildman–Crippen LogP) is 0.267. The highest BCUT2D eigenvalue weighted by Gasteiger charge is 2.49. The van der Waals surface area contributed by atoms with E-state index in [1.54, 1.807) is 0 Å². The Kier molecular flexibility index (Phi) is 0.746. The maximum Gasteiger partial charge on any atom is 0.0701 e. The van der Waals surface area contributed by atoms with Crippen LogP contribution in [0.2, 0.25) is 0 Å². The van der Waals surface area contributed by atoms with Crippen LogP contribution in [0.15, 0.2) is 0 Å². The topological polar surface area (TPSA) is 35.2 Å². The van der Waals surface area contributed by atoms with Gasteiger partial charge in [-0.1, -0.05) is 0 Å². The molecule has 0 radical (unpaired) electrons. The van der Waals surface area contributed by atoms with Gasteiger partial charge in [-0.15, -0.1) is 0 Å². The van der Waals surface area contributed by atoms with Crippen LogP contribution in [-0.4, -0.2) is 18.2 Å². The highest BCUT2D eigenvalue weighted by atomic mass is 16.5. The van der Waals surface area contributed by atoms with Gasteiger partial charge >= 0.3 is 0 Å². The van der Waals surface area contributed by atoms with Crippen molar-refractivity contribution in [1.82, 2.24) is 0 Å². The minimum Gasteiger partial charge on any atom is -0.373 e. The third kappa shape index (κ3) is 0.565. The van der Waals surface area contributed by atoms with Gasteiger partial charge in [-0.3, -0.25) is 0 Å². The first kappa shape index (κ1) is 4.77. The lowest BCUT2D eigenvalue weighted by Gasteiger charge is -2.00. The van der Waals surface area contributed by atoms with Gasteiger partial charge in [0.2, 0.25) is 0 Å². The first-order valence-electron chi connectivity index (χ1n) is 3.20. The van der Waals surface area contributed by atoms with E-state index in [0.717, 1.165) is 13.0 Å². The van der Waals surface area contributed by atoms with Gasteiger partial charge in [0, 0.05) is 6.04 Å². The maximum absolute atomic E-state index is 5.63. The molecular weight excluding hydrogens is 102 g/mol. The molecular formula is C6H11NO. The highest BCUT2D eigenvalue weighted by molar-refractivity contribution is 5.02. The molecule has 2 rings (SSSR count). The third-order valence-electron chi connectivity index (χ3n) is 2.05. The zero-order chi connectivity index (χ0) is 5.61. The molecule has 1 aliphatic heterocycles. The summed E-state index contributed by atoms with van der Waals surface area (Å²) >= 11 is 0. The van der Waals surface area contributed by atoms with Crippen LogP contribution in [-0.2, 0) is 4.74 Å². The van der Waals surface area contributed by atoms with Crippen molar-refractivity contribution in [3.05, 3.63) is 0 Å². The summed E-state index contributed by atoms with van der Waals surface area (Å²) < 4.78 is 5.44. The van der Waals surface area contributed by atoms with Crippen molar-refractivity contribution in [3.8, 4) is 0 Å². The summed E-state index contributed by atoms with van der Waals surface area (Å²) in [7, 11) is 0. The summed E-state index contributed by atoms with van der Waals surface area (Å²) in [6, 6.07) is 0.331. The molecule has 0 aromatic rings. The molecule has 0 unspecified atom stereocenters. The summed E-state index contributed by atoms with van der Waals surface area (Å²) in [5.74, 6) is 0. The number of nitrogens with two attached hydrogens (primary N) is 1. The second kappa shape index (κ2) is 1.25. The van der Waals surface area contributed by atoms with Gasteiger partial charge in [0.1, 0.15) is 0 Å². The van der Waals surface area contributed by atoms with Crippen LogP contribution >= 0.6 is 0 Å². The van der Waals surface area contributed by atoms with Crippen LogP contribution in [0.4, 0.5) is 0 Å². The Bertz CT molecular complexity index is 109. The fourth-order valence-electron chi connectivity index (χ4n) is 1.37. The van der Waals surface area contributed by atoms with Crippen molar-refractivity contribution >= 4 is 0 Å². The van der Waals surface area contributed by atoms with E-state index in [-0.39, 0.29) is 0 Å². The van der Waals surface area contributed by atoms with Gasteiger partial charge in [0.15, 0.2) is 0 Å². The molecule has 2 fully saturated rings. The smallest absolute Gasteiger partial charge is 0.0701 e. The van der Waals surface area contributed by atoms with Gasteiger partial charge in [0.25, 0.3) is 0 Å². The summed E-state index contributed by atoms with van der Waals surface area (Å²) in [6.45, 7) is 0.792. The van der Waals surface area contributed by atoms with Gasteiger partial charge in [-0.05, 0) is 19.3 Å². The van der Waals surface area contributed by atoms with Crippen molar-refractivity contribution in [3.63, 3.8) is 0 Å². The van der Waals surface area contributed by atoms with E-state index in [1.165, 1.54) is 12.8 Å². The zero-order valence-electron chi connectivity index (χ0n) is 4.89. The van der Waals surface area contributed by atoms with Crippen LogP contribution < -0.4 is 5.73 Å². The van der Waals surface area contributed by atoms with Crippen LogP contribution in [0.3, 0.4) is 0 Å². The number of rotatable bonds is 0. The van der Waals surface area contributed by atoms with Crippen LogP contribution in [0.1, 0.15) is 19.3 Å². The monoisotopic (exact) mass is 113 g/mol. The molecule has 2 aliphatic rings. The van der Waals surface area contributed by atoms with Crippen molar-refractivity contribution in [2.45, 2.75) is 30.9 Å². The molecule has 1 saturated carbocycles. The molecule has 0 aromatic carbocycles. The summed E-state index contributed by atoms with van der Waals surface area (Å²) in [5.41, 5.74) is 5.92. The molecule has 0 amide bonds. The Morgan fingerprint density at radius 3 is 2.50 bits per heavy atom. The SMILES string of the molecule is N[C@@H]1COC2(CC2)C1. The Hall–Kier alpha value is -0.0800. The molecule has 1 spiro atoms. The number of hydrogen-bond donors (Lipinski definition) is 1. The quantitative estimate of drug-likeness (QED) is 0.489. The number of ether oxygens (including phenoxy) is 1. The molecule has 1 atom stereocenters. The summed E-state index contributed by atoms with van der Waals surface area (Å²) in [4.78, 5) is 0. The van der Waals surface area contributed by atoms with Crippen molar-refractivity contribution in [2.24, 2.45) is 5.73 Å². The summed E-state index contributed by atoms with van der Waals surface area (Å²) in [6.07, 6.45) is 3.61. The Labute approximate surface area is 49.0 Å². The molecule has 8 heavy (non-hydrogen) atoms. The van der Waals surface area contributed by atoms with E-state index in [0.29, 0.717) is 11.6 Å². The van der Waals surface area contributed by atoms with Gasteiger partial charge in [0.05, 0.1) is 12.2 Å². The average Bonchev–Trinajstić information content (AvgIpc) is 2.34. The van der Waals surface area contributed by atoms with Gasteiger partial charge < -0.3 is 10.5 Å². The minimum absolute atomic E-state index is 0.291. The lowest BCUT2D eigenvalue weighted by atomic mass is 10.2. The predicted molar refractivity (Wildman–Crippen MR) is 30.5 cm³/mol. The van der Waals surface area contributed by atoms with E-state index >= 15 is 0 Å². The molecule has 1 saturated heterocycles. The molecule has 2 nitrogen and oxygen atoms in total. The number of hydrogen-bond acceptors (Lipinski definition) is 2. The zero-order valence-corrected chi connectivity index (χ0v) is 4.89. The van der Waals surface area contributed by atoms with E-state index in [9.17, 15) is 0 Å². The van der Waals surface area contributed by atoms with Crippen LogP contribution in [0.25, 0.3) is 0 Å². The van der Waals surface area contributed by atoms with E-state index in [4.69, 9.17) is 10.5 Å². The molecule has 0 aromatic heterocycles. The van der Waals surface area contributed by atoms with Gasteiger partial charge in [-0.25, -0.2) is 0 Å². The van der Waals surface area contributed by atoms with Crippen LogP contribution in [0, 0.1) is 0 Å². The maximum atomic E-state index is 5.63. The lowest BCUT2D eigenvalue weighted by molar-refractivity contribution is 0.0897. The second-order valence-electron chi connectivity index (χ2n) is 2.96. The Morgan fingerprint density at radius 2 is 2.25 bits per heavy atom. The fourth-order valence-corrected chi connectivity index (χ4v) is 1.37.